The van der Waals surface area contributed by atoms with Crippen LogP contribution in [0, 0.1) is 81.3 Å². The summed E-state index contributed by atoms with van der Waals surface area (Å²) in [5.74, 6) is 5.20. The van der Waals surface area contributed by atoms with Crippen molar-refractivity contribution in [2.24, 2.45) is 81.3 Å². The summed E-state index contributed by atoms with van der Waals surface area (Å²) in [7, 11) is 0. The molecule has 5 aliphatic carbocycles. The molecular weight excluding hydrogens is 492 g/mol. The van der Waals surface area contributed by atoms with E-state index in [1.165, 1.54) is 57.8 Å². The molecule has 3 heteroatoms. The highest BCUT2D eigenvalue weighted by molar-refractivity contribution is 5.19. The molecule has 0 spiro atoms. The molecule has 0 aliphatic heterocycles. The van der Waals surface area contributed by atoms with Gasteiger partial charge in [-0.05, 0) is 109 Å². The highest BCUT2D eigenvalue weighted by Crippen LogP contribution is 2.73. The lowest BCUT2D eigenvalue weighted by Crippen LogP contribution is -2.70. The Morgan fingerprint density at radius 3 is 2.12 bits per heavy atom. The molecular formula is C37H66O3. The second-order valence-electron chi connectivity index (χ2n) is 17.7. The van der Waals surface area contributed by atoms with Crippen molar-refractivity contribution in [2.45, 2.75) is 151 Å². The standard InChI is InChI=1S/C37H66O3/c1-21(2)28-17-27(16-15-26-13-11-10-12-14-26)23(4)31-29(28)19-35(7)20-36(8)18-22(3)30(25(6)38)34(40)37(36,9)24(5)32(35)33(31)39/h21-34,38-40H,10-20H2,1-9H3. The molecule has 0 radical (unpaired) electrons. The van der Waals surface area contributed by atoms with E-state index in [1.807, 2.05) is 6.92 Å². The van der Waals surface area contributed by atoms with Crippen molar-refractivity contribution in [1.82, 2.24) is 0 Å². The quantitative estimate of drug-likeness (QED) is 0.318. The molecule has 40 heavy (non-hydrogen) atoms. The molecule has 0 aromatic heterocycles. The van der Waals surface area contributed by atoms with Crippen LogP contribution in [0.1, 0.15) is 133 Å². The van der Waals surface area contributed by atoms with Gasteiger partial charge in [0, 0.05) is 11.3 Å². The van der Waals surface area contributed by atoms with Crippen LogP contribution in [0.3, 0.4) is 0 Å². The van der Waals surface area contributed by atoms with Crippen LogP contribution in [0.2, 0.25) is 0 Å². The predicted octanol–water partition coefficient (Wildman–Crippen LogP) is 8.34. The van der Waals surface area contributed by atoms with E-state index in [0.29, 0.717) is 35.5 Å². The molecule has 15 atom stereocenters. The summed E-state index contributed by atoms with van der Waals surface area (Å²) in [5, 5.41) is 35.4. The molecule has 0 aromatic rings. The summed E-state index contributed by atoms with van der Waals surface area (Å²) >= 11 is 0. The van der Waals surface area contributed by atoms with E-state index in [1.54, 1.807) is 0 Å². The second kappa shape index (κ2) is 11.1. The van der Waals surface area contributed by atoms with Crippen molar-refractivity contribution in [3.63, 3.8) is 0 Å². The Kier molecular flexibility index (Phi) is 8.69. The molecule has 0 aromatic carbocycles. The Morgan fingerprint density at radius 1 is 0.875 bits per heavy atom. The fraction of sp³-hybridized carbons (Fsp3) is 1.00. The molecule has 5 rings (SSSR count). The van der Waals surface area contributed by atoms with E-state index in [-0.39, 0.29) is 40.1 Å². The maximum atomic E-state index is 12.6. The van der Waals surface area contributed by atoms with E-state index >= 15 is 0 Å². The minimum absolute atomic E-state index is 0.00455. The van der Waals surface area contributed by atoms with Gasteiger partial charge in [-0.2, -0.15) is 0 Å². The van der Waals surface area contributed by atoms with Crippen LogP contribution < -0.4 is 0 Å². The number of aliphatic hydroxyl groups excluding tert-OH is 3. The zero-order valence-corrected chi connectivity index (χ0v) is 27.7. The highest BCUT2D eigenvalue weighted by atomic mass is 16.3. The first kappa shape index (κ1) is 31.3. The molecule has 5 fully saturated rings. The summed E-state index contributed by atoms with van der Waals surface area (Å²) in [4.78, 5) is 0. The maximum absolute atomic E-state index is 12.6. The van der Waals surface area contributed by atoms with Gasteiger partial charge in [0.25, 0.3) is 0 Å². The van der Waals surface area contributed by atoms with Gasteiger partial charge in [0.2, 0.25) is 0 Å². The van der Waals surface area contributed by atoms with Crippen molar-refractivity contribution in [3.05, 3.63) is 0 Å². The highest BCUT2D eigenvalue weighted by Gasteiger charge is 2.70. The van der Waals surface area contributed by atoms with Crippen LogP contribution >= 0.6 is 0 Å². The minimum Gasteiger partial charge on any atom is -0.393 e. The third-order valence-corrected chi connectivity index (χ3v) is 15.3. The molecule has 5 aliphatic rings. The summed E-state index contributed by atoms with van der Waals surface area (Å²) in [6.45, 7) is 21.2. The number of aliphatic hydroxyl groups is 3. The average Bonchev–Trinajstić information content (AvgIpc) is 2.85. The molecule has 232 valence electrons. The SMILES string of the molecule is CC(C)C1CC(CCC2CCCCC2)C(C)C2C(O)C3C(C)C4(C)C(O)C(C(C)O)C(C)CC4(C)CC3(C)CC12. The van der Waals surface area contributed by atoms with Gasteiger partial charge < -0.3 is 15.3 Å². The van der Waals surface area contributed by atoms with E-state index in [4.69, 9.17) is 0 Å². The number of hydrogen-bond acceptors (Lipinski definition) is 3. The fourth-order valence-corrected chi connectivity index (χ4v) is 13.3. The largest absolute Gasteiger partial charge is 0.393 e. The van der Waals surface area contributed by atoms with Gasteiger partial charge in [-0.15, -0.1) is 0 Å². The monoisotopic (exact) mass is 559 g/mol. The summed E-state index contributed by atoms with van der Waals surface area (Å²) in [6.07, 6.45) is 13.3. The Morgan fingerprint density at radius 2 is 1.52 bits per heavy atom. The van der Waals surface area contributed by atoms with Gasteiger partial charge in [0.1, 0.15) is 0 Å². The van der Waals surface area contributed by atoms with Crippen molar-refractivity contribution < 1.29 is 15.3 Å². The first-order valence-corrected chi connectivity index (χ1v) is 17.7. The second-order valence-corrected chi connectivity index (χ2v) is 17.7. The molecule has 0 amide bonds. The number of rotatable bonds is 5. The predicted molar refractivity (Wildman–Crippen MR) is 166 cm³/mol. The van der Waals surface area contributed by atoms with Crippen LogP contribution in [-0.4, -0.2) is 33.6 Å². The lowest BCUT2D eigenvalue weighted by Gasteiger charge is -2.72. The van der Waals surface area contributed by atoms with Gasteiger partial charge in [-0.3, -0.25) is 0 Å². The van der Waals surface area contributed by atoms with Crippen LogP contribution in [0.4, 0.5) is 0 Å². The van der Waals surface area contributed by atoms with Crippen molar-refractivity contribution in [1.29, 1.82) is 0 Å². The topological polar surface area (TPSA) is 60.7 Å². The Hall–Kier alpha value is -0.120. The van der Waals surface area contributed by atoms with E-state index in [0.717, 1.165) is 24.7 Å². The van der Waals surface area contributed by atoms with Gasteiger partial charge in [-0.1, -0.05) is 93.9 Å². The van der Waals surface area contributed by atoms with Crippen LogP contribution in [0.5, 0.6) is 0 Å². The van der Waals surface area contributed by atoms with Crippen LogP contribution in [0.25, 0.3) is 0 Å². The fourth-order valence-electron chi connectivity index (χ4n) is 13.3. The van der Waals surface area contributed by atoms with Crippen molar-refractivity contribution >= 4 is 0 Å². The molecule has 0 heterocycles. The normalized spacial score (nSPS) is 54.4. The maximum Gasteiger partial charge on any atom is 0.0656 e. The summed E-state index contributed by atoms with van der Waals surface area (Å²) in [6, 6.07) is 0. The summed E-state index contributed by atoms with van der Waals surface area (Å²) in [5.41, 5.74) is -0.216. The average molecular weight is 559 g/mol. The van der Waals surface area contributed by atoms with Crippen LogP contribution in [-0.2, 0) is 0 Å². The lowest BCUT2D eigenvalue weighted by molar-refractivity contribution is -0.281. The van der Waals surface area contributed by atoms with Gasteiger partial charge in [0.15, 0.2) is 0 Å². The van der Waals surface area contributed by atoms with Crippen molar-refractivity contribution in [2.75, 3.05) is 0 Å². The molecule has 3 N–H and O–H groups in total. The molecule has 3 nitrogen and oxygen atoms in total. The van der Waals surface area contributed by atoms with Gasteiger partial charge in [-0.25, -0.2) is 0 Å². The molecule has 15 unspecified atom stereocenters. The number of hydrogen-bond donors (Lipinski definition) is 3. The Labute approximate surface area is 247 Å². The Balaban J connectivity index is 1.46. The van der Waals surface area contributed by atoms with Gasteiger partial charge >= 0.3 is 0 Å². The zero-order valence-electron chi connectivity index (χ0n) is 27.7. The molecule has 5 saturated carbocycles. The van der Waals surface area contributed by atoms with Crippen LogP contribution in [0.15, 0.2) is 0 Å². The number of fused-ring (bicyclic) bond motifs is 3. The van der Waals surface area contributed by atoms with E-state index in [2.05, 4.69) is 55.4 Å². The van der Waals surface area contributed by atoms with E-state index < -0.39 is 12.2 Å². The lowest BCUT2D eigenvalue weighted by atomic mass is 9.33. The van der Waals surface area contributed by atoms with E-state index in [9.17, 15) is 15.3 Å². The van der Waals surface area contributed by atoms with Crippen molar-refractivity contribution in [3.8, 4) is 0 Å². The Bertz CT molecular complexity index is 879. The summed E-state index contributed by atoms with van der Waals surface area (Å²) < 4.78 is 0. The third kappa shape index (κ3) is 4.77. The minimum atomic E-state index is -0.541. The van der Waals surface area contributed by atoms with Gasteiger partial charge in [0.05, 0.1) is 18.3 Å². The molecule has 0 saturated heterocycles. The third-order valence-electron chi connectivity index (χ3n) is 15.3. The zero-order chi connectivity index (χ0) is 29.4. The first-order valence-electron chi connectivity index (χ1n) is 17.7. The molecule has 0 bridgehead atoms. The first-order chi connectivity index (χ1) is 18.7. The smallest absolute Gasteiger partial charge is 0.0656 e.